The summed E-state index contributed by atoms with van der Waals surface area (Å²) in [6.07, 6.45) is 0. The molecule has 3 aromatic carbocycles. The van der Waals surface area contributed by atoms with Gasteiger partial charge in [0.25, 0.3) is 11.8 Å². The van der Waals surface area contributed by atoms with Gasteiger partial charge in [0.2, 0.25) is 0 Å². The maximum Gasteiger partial charge on any atom is 0.355 e. The van der Waals surface area contributed by atoms with Crippen molar-refractivity contribution >= 4 is 35.1 Å². The number of esters is 2. The Morgan fingerprint density at radius 2 is 1.44 bits per heavy atom. The molecule has 0 bridgehead atoms. The number of hydrogen-bond donors (Lipinski definition) is 1. The van der Waals surface area contributed by atoms with Gasteiger partial charge in [-0.15, -0.1) is 0 Å². The highest BCUT2D eigenvalue weighted by molar-refractivity contribution is 6.34. The zero-order chi connectivity index (χ0) is 29.4. The van der Waals surface area contributed by atoms with Crippen LogP contribution in [0.25, 0.3) is 0 Å². The van der Waals surface area contributed by atoms with Crippen LogP contribution in [0.3, 0.4) is 0 Å². The van der Waals surface area contributed by atoms with Crippen molar-refractivity contribution in [3.05, 3.63) is 118 Å². The Morgan fingerprint density at radius 1 is 0.829 bits per heavy atom. The molecular formula is C31H24N4O6. The molecule has 10 nitrogen and oxygen atoms in total. The molecule has 0 aliphatic carbocycles. The van der Waals surface area contributed by atoms with E-state index in [9.17, 15) is 24.4 Å². The Bertz CT molecular complexity index is 1720. The van der Waals surface area contributed by atoms with Gasteiger partial charge in [0.05, 0.1) is 54.2 Å². The fourth-order valence-electron chi connectivity index (χ4n) is 5.08. The molecule has 0 spiro atoms. The first kappa shape index (κ1) is 26.9. The highest BCUT2D eigenvalue weighted by atomic mass is 16.5. The number of carbonyl (C=O) groups excluding carboxylic acids is 4. The van der Waals surface area contributed by atoms with E-state index in [1.165, 1.54) is 23.1 Å². The topological polar surface area (TPSA) is 143 Å². The van der Waals surface area contributed by atoms with Gasteiger partial charge in [0.1, 0.15) is 11.5 Å². The molecule has 0 saturated carbocycles. The number of imide groups is 1. The Labute approximate surface area is 235 Å². The molecule has 5 rings (SSSR count). The summed E-state index contributed by atoms with van der Waals surface area (Å²) in [6, 6.07) is 21.9. The quantitative estimate of drug-likeness (QED) is 0.373. The standard InChI is InChI=1S/C31H24N4O6/c1-17-9-11-19(12-10-17)35-28(36)21-14-13-20(15-22(21)29(35)37)34-26(31(39)41-3)25(30(38)40-2)24(23(16-32)27(34)33)18-7-5-4-6-8-18/h4-15,24H,33H2,1-3H3. The number of fused-ring (bicyclic) bond motifs is 1. The molecule has 2 N–H and O–H groups in total. The Hall–Kier alpha value is -5.69. The van der Waals surface area contributed by atoms with Crippen LogP contribution < -0.4 is 15.5 Å². The van der Waals surface area contributed by atoms with Crippen molar-refractivity contribution in [2.45, 2.75) is 12.8 Å². The molecular weight excluding hydrogens is 524 g/mol. The van der Waals surface area contributed by atoms with Crippen LogP contribution in [0.15, 0.2) is 95.5 Å². The fourth-order valence-corrected chi connectivity index (χ4v) is 5.08. The summed E-state index contributed by atoms with van der Waals surface area (Å²) in [5.41, 5.74) is 8.35. The number of anilines is 2. The number of allylic oxidation sites excluding steroid dienone is 1. The highest BCUT2D eigenvalue weighted by Gasteiger charge is 2.44. The van der Waals surface area contributed by atoms with Crippen molar-refractivity contribution in [3.8, 4) is 6.07 Å². The molecule has 2 amide bonds. The van der Waals surface area contributed by atoms with Crippen LogP contribution in [-0.4, -0.2) is 38.0 Å². The van der Waals surface area contributed by atoms with Crippen molar-refractivity contribution in [2.75, 3.05) is 24.0 Å². The van der Waals surface area contributed by atoms with Gasteiger partial charge in [0, 0.05) is 5.69 Å². The highest BCUT2D eigenvalue weighted by Crippen LogP contribution is 2.44. The molecule has 2 aliphatic rings. The molecule has 10 heteroatoms. The third kappa shape index (κ3) is 4.30. The average molecular weight is 549 g/mol. The van der Waals surface area contributed by atoms with Crippen LogP contribution in [0.1, 0.15) is 37.8 Å². The Morgan fingerprint density at radius 3 is 2.05 bits per heavy atom. The van der Waals surface area contributed by atoms with Crippen molar-refractivity contribution in [3.63, 3.8) is 0 Å². The average Bonchev–Trinajstić information content (AvgIpc) is 3.25. The van der Waals surface area contributed by atoms with E-state index in [-0.39, 0.29) is 39.5 Å². The molecule has 2 heterocycles. The monoisotopic (exact) mass is 548 g/mol. The van der Waals surface area contributed by atoms with E-state index >= 15 is 0 Å². The summed E-state index contributed by atoms with van der Waals surface area (Å²) in [5.74, 6) is -4.06. The third-order valence-electron chi connectivity index (χ3n) is 7.03. The van der Waals surface area contributed by atoms with Crippen LogP contribution in [-0.2, 0) is 19.1 Å². The number of nitriles is 1. The lowest BCUT2D eigenvalue weighted by Crippen LogP contribution is -2.40. The maximum absolute atomic E-state index is 13.5. The second-order valence-corrected chi connectivity index (χ2v) is 9.35. The van der Waals surface area contributed by atoms with Gasteiger partial charge >= 0.3 is 11.9 Å². The number of amides is 2. The minimum Gasteiger partial charge on any atom is -0.466 e. The number of aryl methyl sites for hydroxylation is 1. The van der Waals surface area contributed by atoms with Crippen LogP contribution in [0.5, 0.6) is 0 Å². The van der Waals surface area contributed by atoms with Gasteiger partial charge in [-0.3, -0.25) is 14.5 Å². The number of carbonyl (C=O) groups is 4. The van der Waals surface area contributed by atoms with E-state index in [1.54, 1.807) is 54.6 Å². The number of nitrogens with zero attached hydrogens (tertiary/aromatic N) is 3. The van der Waals surface area contributed by atoms with Crippen molar-refractivity contribution < 1.29 is 28.7 Å². The van der Waals surface area contributed by atoms with E-state index in [1.807, 2.05) is 6.92 Å². The molecule has 1 atom stereocenters. The lowest BCUT2D eigenvalue weighted by atomic mass is 9.81. The van der Waals surface area contributed by atoms with Crippen LogP contribution in [0.4, 0.5) is 11.4 Å². The first-order chi connectivity index (χ1) is 19.7. The van der Waals surface area contributed by atoms with E-state index < -0.39 is 29.7 Å². The Kier molecular flexibility index (Phi) is 6.87. The summed E-state index contributed by atoms with van der Waals surface area (Å²) in [5, 5.41) is 10.2. The van der Waals surface area contributed by atoms with Crippen LogP contribution in [0, 0.1) is 18.3 Å². The lowest BCUT2D eigenvalue weighted by molar-refractivity contribution is -0.139. The normalized spacial score (nSPS) is 16.5. The second kappa shape index (κ2) is 10.5. The fraction of sp³-hybridized carbons (Fsp3) is 0.129. The SMILES string of the molecule is COC(=O)C1=C(C(=O)OC)N(c2ccc3c(c2)C(=O)N(c2ccc(C)cc2)C3=O)C(N)=C(C#N)C1c1ccccc1. The largest absolute Gasteiger partial charge is 0.466 e. The Balaban J connectivity index is 1.72. The summed E-state index contributed by atoms with van der Waals surface area (Å²) >= 11 is 0. The molecule has 2 aliphatic heterocycles. The molecule has 1 unspecified atom stereocenters. The van der Waals surface area contributed by atoms with Crippen molar-refractivity contribution in [1.82, 2.24) is 0 Å². The molecule has 0 fully saturated rings. The summed E-state index contributed by atoms with van der Waals surface area (Å²) in [6.45, 7) is 1.89. The minimum absolute atomic E-state index is 0.0200. The number of benzene rings is 3. The molecule has 41 heavy (non-hydrogen) atoms. The van der Waals surface area contributed by atoms with E-state index in [0.717, 1.165) is 24.7 Å². The van der Waals surface area contributed by atoms with Crippen molar-refractivity contribution in [2.24, 2.45) is 5.73 Å². The first-order valence-electron chi connectivity index (χ1n) is 12.5. The number of nitrogens with two attached hydrogens (primary N) is 1. The lowest BCUT2D eigenvalue weighted by Gasteiger charge is -2.36. The smallest absolute Gasteiger partial charge is 0.355 e. The third-order valence-corrected chi connectivity index (χ3v) is 7.03. The van der Waals surface area contributed by atoms with Crippen molar-refractivity contribution in [1.29, 1.82) is 5.26 Å². The molecule has 0 saturated heterocycles. The zero-order valence-corrected chi connectivity index (χ0v) is 22.4. The zero-order valence-electron chi connectivity index (χ0n) is 22.4. The van der Waals surface area contributed by atoms with Gasteiger partial charge in [-0.25, -0.2) is 14.5 Å². The van der Waals surface area contributed by atoms with Gasteiger partial charge < -0.3 is 15.2 Å². The van der Waals surface area contributed by atoms with Gasteiger partial charge in [-0.2, -0.15) is 5.26 Å². The van der Waals surface area contributed by atoms with Gasteiger partial charge in [0.15, 0.2) is 0 Å². The summed E-state index contributed by atoms with van der Waals surface area (Å²) < 4.78 is 10.1. The van der Waals surface area contributed by atoms with Crippen LogP contribution in [0.2, 0.25) is 0 Å². The number of methoxy groups -OCH3 is 2. The van der Waals surface area contributed by atoms with E-state index in [4.69, 9.17) is 15.2 Å². The van der Waals surface area contributed by atoms with Gasteiger partial charge in [-0.05, 0) is 42.8 Å². The number of ether oxygens (including phenoxy) is 2. The van der Waals surface area contributed by atoms with Gasteiger partial charge in [-0.1, -0.05) is 48.0 Å². The number of hydrogen-bond acceptors (Lipinski definition) is 9. The second-order valence-electron chi connectivity index (χ2n) is 9.35. The first-order valence-corrected chi connectivity index (χ1v) is 12.5. The maximum atomic E-state index is 13.5. The summed E-state index contributed by atoms with van der Waals surface area (Å²) in [4.78, 5) is 55.5. The predicted molar refractivity (Wildman–Crippen MR) is 148 cm³/mol. The summed E-state index contributed by atoms with van der Waals surface area (Å²) in [7, 11) is 2.30. The van der Waals surface area contributed by atoms with E-state index in [2.05, 4.69) is 6.07 Å². The molecule has 0 aromatic heterocycles. The van der Waals surface area contributed by atoms with Crippen LogP contribution >= 0.6 is 0 Å². The predicted octanol–water partition coefficient (Wildman–Crippen LogP) is 3.69. The number of rotatable bonds is 5. The molecule has 0 radical (unpaired) electrons. The molecule has 204 valence electrons. The molecule has 3 aromatic rings. The minimum atomic E-state index is -1.03. The van der Waals surface area contributed by atoms with E-state index in [0.29, 0.717) is 11.3 Å².